The van der Waals surface area contributed by atoms with E-state index < -0.39 is 0 Å². The van der Waals surface area contributed by atoms with Gasteiger partial charge >= 0.3 is 5.97 Å². The van der Waals surface area contributed by atoms with E-state index in [0.29, 0.717) is 23.4 Å². The van der Waals surface area contributed by atoms with Crippen molar-refractivity contribution in [2.24, 2.45) is 11.0 Å². The Balaban J connectivity index is 1.93. The molecule has 1 unspecified atom stereocenters. The van der Waals surface area contributed by atoms with E-state index in [1.165, 1.54) is 29.9 Å². The third kappa shape index (κ3) is 4.02. The van der Waals surface area contributed by atoms with Crippen LogP contribution >= 0.6 is 11.3 Å². The number of thiazole rings is 1. The van der Waals surface area contributed by atoms with E-state index in [2.05, 4.69) is 22.4 Å². The van der Waals surface area contributed by atoms with Gasteiger partial charge in [0.2, 0.25) is 5.13 Å². The third-order valence-electron chi connectivity index (χ3n) is 3.04. The second-order valence-electron chi connectivity index (χ2n) is 4.75. The highest BCUT2D eigenvalue weighted by Gasteiger charge is 2.15. The SMILES string of the molecule is CCOC(=O)c1csc(N/N=C2\CCCC(C)C2)n1. The molecule has 5 nitrogen and oxygen atoms in total. The van der Waals surface area contributed by atoms with Crippen molar-refractivity contribution in [3.05, 3.63) is 11.1 Å². The highest BCUT2D eigenvalue weighted by Crippen LogP contribution is 2.22. The van der Waals surface area contributed by atoms with Crippen molar-refractivity contribution in [3.8, 4) is 0 Å². The number of anilines is 1. The first kappa shape index (κ1) is 14.0. The molecule has 1 heterocycles. The minimum atomic E-state index is -0.384. The molecular formula is C13H19N3O2S. The van der Waals surface area contributed by atoms with E-state index in [9.17, 15) is 4.79 Å². The average molecular weight is 281 g/mol. The number of ether oxygens (including phenoxy) is 1. The molecule has 1 saturated carbocycles. The van der Waals surface area contributed by atoms with Gasteiger partial charge in [-0.05, 0) is 38.5 Å². The summed E-state index contributed by atoms with van der Waals surface area (Å²) in [5.74, 6) is 0.325. The Morgan fingerprint density at radius 3 is 3.26 bits per heavy atom. The Hall–Kier alpha value is -1.43. The predicted molar refractivity (Wildman–Crippen MR) is 76.8 cm³/mol. The van der Waals surface area contributed by atoms with Crippen molar-refractivity contribution in [2.75, 3.05) is 12.0 Å². The van der Waals surface area contributed by atoms with Gasteiger partial charge in [0.1, 0.15) is 0 Å². The molecule has 1 aliphatic rings. The van der Waals surface area contributed by atoms with Gasteiger partial charge in [-0.3, -0.25) is 5.43 Å². The van der Waals surface area contributed by atoms with Crippen LogP contribution in [0.25, 0.3) is 0 Å². The molecule has 0 aromatic carbocycles. The molecule has 6 heteroatoms. The molecule has 104 valence electrons. The summed E-state index contributed by atoms with van der Waals surface area (Å²) >= 11 is 1.36. The van der Waals surface area contributed by atoms with Crippen molar-refractivity contribution in [1.29, 1.82) is 0 Å². The highest BCUT2D eigenvalue weighted by molar-refractivity contribution is 7.13. The topological polar surface area (TPSA) is 63.6 Å². The number of hydrazone groups is 1. The second-order valence-corrected chi connectivity index (χ2v) is 5.61. The van der Waals surface area contributed by atoms with Gasteiger partial charge in [-0.15, -0.1) is 11.3 Å². The Kier molecular flexibility index (Phi) is 4.90. The third-order valence-corrected chi connectivity index (χ3v) is 3.79. The minimum absolute atomic E-state index is 0.339. The molecular weight excluding hydrogens is 262 g/mol. The average Bonchev–Trinajstić information content (AvgIpc) is 2.86. The number of carbonyl (C=O) groups excluding carboxylic acids is 1. The number of rotatable bonds is 4. The standard InChI is InChI=1S/C13H19N3O2S/c1-3-18-12(17)11-8-19-13(14-11)16-15-10-6-4-5-9(2)7-10/h8-9H,3-7H2,1-2H3,(H,14,16)/b15-10+. The van der Waals surface area contributed by atoms with Gasteiger partial charge in [-0.25, -0.2) is 9.78 Å². The fraction of sp³-hybridized carbons (Fsp3) is 0.615. The summed E-state index contributed by atoms with van der Waals surface area (Å²) in [6.07, 6.45) is 4.58. The molecule has 1 atom stereocenters. The summed E-state index contributed by atoms with van der Waals surface area (Å²) < 4.78 is 4.89. The van der Waals surface area contributed by atoms with E-state index in [0.717, 1.165) is 12.8 Å². The van der Waals surface area contributed by atoms with Crippen LogP contribution in [0.2, 0.25) is 0 Å². The zero-order chi connectivity index (χ0) is 13.7. The lowest BCUT2D eigenvalue weighted by Crippen LogP contribution is -2.14. The predicted octanol–water partition coefficient (Wildman–Crippen LogP) is 3.30. The number of esters is 1. The van der Waals surface area contributed by atoms with Gasteiger partial charge in [0.15, 0.2) is 5.69 Å². The fourth-order valence-corrected chi connectivity index (χ4v) is 2.73. The van der Waals surface area contributed by atoms with Crippen LogP contribution in [0.3, 0.4) is 0 Å². The van der Waals surface area contributed by atoms with Gasteiger partial charge in [0, 0.05) is 11.1 Å². The molecule has 0 radical (unpaired) electrons. The lowest BCUT2D eigenvalue weighted by Gasteiger charge is -2.18. The number of aromatic nitrogens is 1. The molecule has 0 saturated heterocycles. The lowest BCUT2D eigenvalue weighted by atomic mass is 9.89. The number of nitrogens with zero attached hydrogens (tertiary/aromatic N) is 2. The molecule has 0 aliphatic heterocycles. The van der Waals surface area contributed by atoms with Crippen LogP contribution in [0.4, 0.5) is 5.13 Å². The highest BCUT2D eigenvalue weighted by atomic mass is 32.1. The Bertz CT molecular complexity index is 470. The first-order valence-electron chi connectivity index (χ1n) is 6.63. The molecule has 1 aromatic rings. The monoisotopic (exact) mass is 281 g/mol. The second kappa shape index (κ2) is 6.65. The summed E-state index contributed by atoms with van der Waals surface area (Å²) in [6.45, 7) is 4.38. The summed E-state index contributed by atoms with van der Waals surface area (Å²) in [5, 5.41) is 6.70. The van der Waals surface area contributed by atoms with Crippen LogP contribution in [0.1, 0.15) is 50.0 Å². The quantitative estimate of drug-likeness (QED) is 0.679. The first-order chi connectivity index (χ1) is 9.19. The van der Waals surface area contributed by atoms with Crippen molar-refractivity contribution in [2.45, 2.75) is 39.5 Å². The molecule has 1 aliphatic carbocycles. The first-order valence-corrected chi connectivity index (χ1v) is 7.51. The van der Waals surface area contributed by atoms with E-state index in [1.54, 1.807) is 12.3 Å². The molecule has 0 bridgehead atoms. The van der Waals surface area contributed by atoms with Crippen LogP contribution in [0.15, 0.2) is 10.5 Å². The molecule has 1 fully saturated rings. The van der Waals surface area contributed by atoms with Gasteiger partial charge in [-0.2, -0.15) is 5.10 Å². The number of hydrogen-bond donors (Lipinski definition) is 1. The maximum Gasteiger partial charge on any atom is 0.357 e. The lowest BCUT2D eigenvalue weighted by molar-refractivity contribution is 0.0520. The van der Waals surface area contributed by atoms with Crippen molar-refractivity contribution in [3.63, 3.8) is 0 Å². The summed E-state index contributed by atoms with van der Waals surface area (Å²) in [7, 11) is 0. The van der Waals surface area contributed by atoms with Crippen LogP contribution in [0, 0.1) is 5.92 Å². The van der Waals surface area contributed by atoms with E-state index >= 15 is 0 Å². The molecule has 19 heavy (non-hydrogen) atoms. The maximum absolute atomic E-state index is 11.5. The number of nitrogens with one attached hydrogen (secondary N) is 1. The minimum Gasteiger partial charge on any atom is -0.461 e. The Labute approximate surface area is 117 Å². The number of hydrogen-bond acceptors (Lipinski definition) is 6. The van der Waals surface area contributed by atoms with Crippen molar-refractivity contribution in [1.82, 2.24) is 4.98 Å². The fourth-order valence-electron chi connectivity index (χ4n) is 2.11. The van der Waals surface area contributed by atoms with Crippen LogP contribution in [0.5, 0.6) is 0 Å². The molecule has 2 rings (SSSR count). The largest absolute Gasteiger partial charge is 0.461 e. The molecule has 0 amide bonds. The van der Waals surface area contributed by atoms with Crippen molar-refractivity contribution < 1.29 is 9.53 Å². The Morgan fingerprint density at radius 1 is 1.68 bits per heavy atom. The molecule has 0 spiro atoms. The molecule has 1 aromatic heterocycles. The smallest absolute Gasteiger partial charge is 0.357 e. The summed E-state index contributed by atoms with van der Waals surface area (Å²) in [5.41, 5.74) is 4.47. The van der Waals surface area contributed by atoms with Crippen molar-refractivity contribution >= 4 is 28.1 Å². The zero-order valence-corrected chi connectivity index (χ0v) is 12.1. The normalized spacial score (nSPS) is 21.4. The van der Waals surface area contributed by atoms with E-state index in [-0.39, 0.29) is 5.97 Å². The van der Waals surface area contributed by atoms with Crippen LogP contribution < -0.4 is 5.43 Å². The zero-order valence-electron chi connectivity index (χ0n) is 11.3. The van der Waals surface area contributed by atoms with Crippen LogP contribution in [-0.2, 0) is 4.74 Å². The Morgan fingerprint density at radius 2 is 2.53 bits per heavy atom. The summed E-state index contributed by atoms with van der Waals surface area (Å²) in [4.78, 5) is 15.6. The van der Waals surface area contributed by atoms with Crippen LogP contribution in [-0.4, -0.2) is 23.3 Å². The van der Waals surface area contributed by atoms with E-state index in [1.807, 2.05) is 0 Å². The van der Waals surface area contributed by atoms with Gasteiger partial charge in [0.05, 0.1) is 6.61 Å². The van der Waals surface area contributed by atoms with E-state index in [4.69, 9.17) is 4.74 Å². The van der Waals surface area contributed by atoms with Gasteiger partial charge < -0.3 is 4.74 Å². The number of carbonyl (C=O) groups is 1. The van der Waals surface area contributed by atoms with Gasteiger partial charge in [-0.1, -0.05) is 6.92 Å². The van der Waals surface area contributed by atoms with Gasteiger partial charge in [0.25, 0.3) is 0 Å². The molecule has 1 N–H and O–H groups in total. The summed E-state index contributed by atoms with van der Waals surface area (Å²) in [6, 6.07) is 0. The maximum atomic E-state index is 11.5.